The summed E-state index contributed by atoms with van der Waals surface area (Å²) in [7, 11) is 0. The Labute approximate surface area is 87.7 Å². The first-order valence-electron chi connectivity index (χ1n) is 5.38. The van der Waals surface area contributed by atoms with Gasteiger partial charge in [-0.3, -0.25) is 0 Å². The highest BCUT2D eigenvalue weighted by molar-refractivity contribution is 5.69. The van der Waals surface area contributed by atoms with E-state index in [1.807, 2.05) is 20.8 Å². The van der Waals surface area contributed by atoms with E-state index in [0.29, 0.717) is 0 Å². The molecule has 1 fully saturated rings. The second kappa shape index (κ2) is 3.79. The largest absolute Gasteiger partial charge is 0.444 e. The van der Waals surface area contributed by atoms with E-state index < -0.39 is 5.60 Å². The van der Waals surface area contributed by atoms with Crippen molar-refractivity contribution in [3.63, 3.8) is 0 Å². The minimum Gasteiger partial charge on any atom is -0.444 e. The molecule has 14 heavy (non-hydrogen) atoms. The third-order valence-corrected chi connectivity index (χ3v) is 2.75. The number of nitrogens with one attached hydrogen (secondary N) is 1. The zero-order valence-electron chi connectivity index (χ0n) is 9.64. The molecule has 84 valence electrons. The van der Waals surface area contributed by atoms with Crippen LogP contribution in [0.25, 0.3) is 0 Å². The summed E-state index contributed by atoms with van der Waals surface area (Å²) in [5.74, 6) is 0. The van der Waals surface area contributed by atoms with E-state index in [4.69, 9.17) is 4.74 Å². The molecule has 0 aromatic carbocycles. The molecule has 0 unspecified atom stereocenters. The van der Waals surface area contributed by atoms with Gasteiger partial charge in [-0.2, -0.15) is 0 Å². The van der Waals surface area contributed by atoms with E-state index in [1.165, 1.54) is 6.42 Å². The van der Waals surface area contributed by atoms with Crippen molar-refractivity contribution < 1.29 is 11.0 Å². The van der Waals surface area contributed by atoms with Crippen molar-refractivity contribution in [2.75, 3.05) is 0 Å². The van der Waals surface area contributed by atoms with Crippen molar-refractivity contribution in [3.05, 3.63) is 0 Å². The standard InChI is InChI=1S/C11H21NO2.H2/c1-5-11(7-6-8-11)12-9(13)14-10(2,3)4;/h5-8H2,1-4H3,(H,12,13);1H. The zero-order valence-corrected chi connectivity index (χ0v) is 9.64. The highest BCUT2D eigenvalue weighted by Gasteiger charge is 2.37. The van der Waals surface area contributed by atoms with Gasteiger partial charge in [0.2, 0.25) is 0 Å². The van der Waals surface area contributed by atoms with Crippen LogP contribution in [0.3, 0.4) is 0 Å². The van der Waals surface area contributed by atoms with Crippen LogP contribution in [0.15, 0.2) is 0 Å². The summed E-state index contributed by atoms with van der Waals surface area (Å²) in [5, 5.41) is 2.97. The van der Waals surface area contributed by atoms with E-state index in [0.717, 1.165) is 19.3 Å². The fourth-order valence-electron chi connectivity index (χ4n) is 1.69. The summed E-state index contributed by atoms with van der Waals surface area (Å²) in [5.41, 5.74) is -0.370. The monoisotopic (exact) mass is 201 g/mol. The molecular formula is C11H23NO2. The zero-order chi connectivity index (χ0) is 10.8. The Bertz CT molecular complexity index is 214. The van der Waals surface area contributed by atoms with Gasteiger partial charge in [0.05, 0.1) is 0 Å². The normalized spacial score (nSPS) is 19.7. The van der Waals surface area contributed by atoms with Crippen LogP contribution in [-0.2, 0) is 4.74 Å². The number of carbonyl (C=O) groups is 1. The third-order valence-electron chi connectivity index (χ3n) is 2.75. The maximum Gasteiger partial charge on any atom is 0.408 e. The van der Waals surface area contributed by atoms with Crippen LogP contribution in [0.5, 0.6) is 0 Å². The predicted molar refractivity (Wildman–Crippen MR) is 58.4 cm³/mol. The summed E-state index contributed by atoms with van der Waals surface area (Å²) < 4.78 is 5.22. The first kappa shape index (κ1) is 11.3. The molecule has 1 rings (SSSR count). The number of alkyl carbamates (subject to hydrolysis) is 1. The van der Waals surface area contributed by atoms with Crippen LogP contribution in [-0.4, -0.2) is 17.2 Å². The maximum absolute atomic E-state index is 11.5. The van der Waals surface area contributed by atoms with Crippen molar-refractivity contribution in [1.29, 1.82) is 0 Å². The lowest BCUT2D eigenvalue weighted by Crippen LogP contribution is -2.54. The molecule has 0 aromatic rings. The van der Waals surface area contributed by atoms with Crippen LogP contribution < -0.4 is 5.32 Å². The number of hydrogen-bond donors (Lipinski definition) is 1. The van der Waals surface area contributed by atoms with E-state index in [9.17, 15) is 4.79 Å². The Morgan fingerprint density at radius 2 is 2.07 bits per heavy atom. The summed E-state index contributed by atoms with van der Waals surface area (Å²) in [6, 6.07) is 0. The second-order valence-electron chi connectivity index (χ2n) is 5.11. The Morgan fingerprint density at radius 1 is 1.50 bits per heavy atom. The quantitative estimate of drug-likeness (QED) is 0.745. The van der Waals surface area contributed by atoms with Gasteiger partial charge >= 0.3 is 6.09 Å². The van der Waals surface area contributed by atoms with Gasteiger partial charge in [-0.25, -0.2) is 4.79 Å². The molecule has 1 N–H and O–H groups in total. The first-order valence-corrected chi connectivity index (χ1v) is 5.38. The van der Waals surface area contributed by atoms with Crippen LogP contribution in [0.2, 0.25) is 0 Å². The highest BCUT2D eigenvalue weighted by atomic mass is 16.6. The number of hydrogen-bond acceptors (Lipinski definition) is 2. The van der Waals surface area contributed by atoms with Crippen molar-refractivity contribution in [3.8, 4) is 0 Å². The minimum atomic E-state index is -0.400. The van der Waals surface area contributed by atoms with Crippen molar-refractivity contribution in [2.45, 2.75) is 64.5 Å². The van der Waals surface area contributed by atoms with Crippen molar-refractivity contribution in [1.82, 2.24) is 5.32 Å². The average molecular weight is 201 g/mol. The Morgan fingerprint density at radius 3 is 2.36 bits per heavy atom. The van der Waals surface area contributed by atoms with Gasteiger partial charge in [0.1, 0.15) is 5.60 Å². The number of ether oxygens (including phenoxy) is 1. The Kier molecular flexibility index (Phi) is 3.07. The van der Waals surface area contributed by atoms with E-state index in [-0.39, 0.29) is 13.1 Å². The van der Waals surface area contributed by atoms with Gasteiger partial charge in [0.15, 0.2) is 0 Å². The smallest absolute Gasteiger partial charge is 0.408 e. The third kappa shape index (κ3) is 2.89. The lowest BCUT2D eigenvalue weighted by atomic mass is 9.75. The summed E-state index contributed by atoms with van der Waals surface area (Å²) in [4.78, 5) is 11.5. The summed E-state index contributed by atoms with van der Waals surface area (Å²) in [6.45, 7) is 7.75. The Hall–Kier alpha value is -0.730. The molecule has 0 aliphatic heterocycles. The molecule has 0 bridgehead atoms. The van der Waals surface area contributed by atoms with Gasteiger partial charge in [-0.15, -0.1) is 0 Å². The van der Waals surface area contributed by atoms with Crippen LogP contribution in [0.4, 0.5) is 4.79 Å². The number of amides is 1. The molecule has 0 atom stereocenters. The van der Waals surface area contributed by atoms with E-state index >= 15 is 0 Å². The van der Waals surface area contributed by atoms with Gasteiger partial charge in [-0.05, 0) is 46.5 Å². The van der Waals surface area contributed by atoms with Gasteiger partial charge in [0.25, 0.3) is 0 Å². The maximum atomic E-state index is 11.5. The van der Waals surface area contributed by atoms with E-state index in [1.54, 1.807) is 0 Å². The van der Waals surface area contributed by atoms with Crippen LogP contribution >= 0.6 is 0 Å². The fraction of sp³-hybridized carbons (Fsp3) is 0.909. The molecule has 0 spiro atoms. The fourth-order valence-corrected chi connectivity index (χ4v) is 1.69. The van der Waals surface area contributed by atoms with Gasteiger partial charge in [0, 0.05) is 6.97 Å². The molecule has 1 aliphatic rings. The van der Waals surface area contributed by atoms with Crippen LogP contribution in [0, 0.1) is 0 Å². The summed E-state index contributed by atoms with van der Waals surface area (Å²) >= 11 is 0. The SMILES string of the molecule is CCC1(NC(=O)OC(C)(C)C)CCC1.[HH]. The van der Waals surface area contributed by atoms with Gasteiger partial charge in [-0.1, -0.05) is 6.92 Å². The molecule has 0 saturated heterocycles. The average Bonchev–Trinajstić information content (AvgIpc) is 1.93. The second-order valence-corrected chi connectivity index (χ2v) is 5.11. The highest BCUT2D eigenvalue weighted by Crippen LogP contribution is 2.34. The number of rotatable bonds is 2. The topological polar surface area (TPSA) is 38.3 Å². The molecular weight excluding hydrogens is 178 g/mol. The summed E-state index contributed by atoms with van der Waals surface area (Å²) in [6.07, 6.45) is 4.10. The molecule has 0 aromatic heterocycles. The number of carbonyl (C=O) groups excluding carboxylic acids is 1. The van der Waals surface area contributed by atoms with Crippen molar-refractivity contribution in [2.24, 2.45) is 0 Å². The van der Waals surface area contributed by atoms with Gasteiger partial charge < -0.3 is 10.1 Å². The predicted octanol–water partition coefficient (Wildman–Crippen LogP) is 3.09. The van der Waals surface area contributed by atoms with E-state index in [2.05, 4.69) is 12.2 Å². The molecule has 0 radical (unpaired) electrons. The molecule has 3 nitrogen and oxygen atoms in total. The lowest BCUT2D eigenvalue weighted by molar-refractivity contribution is 0.0377. The molecule has 1 amide bonds. The molecule has 1 aliphatic carbocycles. The van der Waals surface area contributed by atoms with Crippen molar-refractivity contribution >= 4 is 6.09 Å². The van der Waals surface area contributed by atoms with Crippen LogP contribution in [0.1, 0.15) is 54.8 Å². The molecule has 1 saturated carbocycles. The molecule has 3 heteroatoms. The Balaban J connectivity index is 0.00000196. The first-order chi connectivity index (χ1) is 6.37. The lowest BCUT2D eigenvalue weighted by Gasteiger charge is -2.42. The molecule has 0 heterocycles. The minimum absolute atomic E-state index is 0.